The number of rotatable bonds is 3. The number of hydrogen-bond donors (Lipinski definition) is 2. The van der Waals surface area contributed by atoms with Crippen molar-refractivity contribution in [1.82, 2.24) is 4.90 Å². The van der Waals surface area contributed by atoms with Gasteiger partial charge in [-0.2, -0.15) is 0 Å². The molecule has 0 radical (unpaired) electrons. The number of hydrogen-bond acceptors (Lipinski definition) is 3. The first-order valence-corrected chi connectivity index (χ1v) is 6.89. The van der Waals surface area contributed by atoms with Crippen molar-refractivity contribution in [2.75, 3.05) is 13.1 Å². The third-order valence-corrected chi connectivity index (χ3v) is 4.02. The summed E-state index contributed by atoms with van der Waals surface area (Å²) < 4.78 is 0. The van der Waals surface area contributed by atoms with E-state index in [0.717, 1.165) is 31.0 Å². The van der Waals surface area contributed by atoms with Gasteiger partial charge in [0.15, 0.2) is 0 Å². The Morgan fingerprint density at radius 3 is 3.00 bits per heavy atom. The van der Waals surface area contributed by atoms with Gasteiger partial charge in [-0.15, -0.1) is 0 Å². The smallest absolute Gasteiger partial charge is 0.120 e. The lowest BCUT2D eigenvalue weighted by molar-refractivity contribution is 0.114. The number of benzene rings is 1. The van der Waals surface area contributed by atoms with Crippen LogP contribution in [-0.4, -0.2) is 29.1 Å². The molecule has 0 aromatic heterocycles. The van der Waals surface area contributed by atoms with Gasteiger partial charge in [-0.25, -0.2) is 0 Å². The SMILES string of the molecule is CC1CCN(Cc2cc(Cl)ccc2O)C(CN)C1. The summed E-state index contributed by atoms with van der Waals surface area (Å²) in [6.07, 6.45) is 2.33. The van der Waals surface area contributed by atoms with Crippen molar-refractivity contribution in [1.29, 1.82) is 0 Å². The van der Waals surface area contributed by atoms with Gasteiger partial charge in [0.25, 0.3) is 0 Å². The zero-order valence-electron chi connectivity index (χ0n) is 10.8. The highest BCUT2D eigenvalue weighted by Gasteiger charge is 2.25. The van der Waals surface area contributed by atoms with Gasteiger partial charge in [-0.3, -0.25) is 4.90 Å². The van der Waals surface area contributed by atoms with Crippen molar-refractivity contribution in [2.45, 2.75) is 32.4 Å². The number of nitrogens with zero attached hydrogens (tertiary/aromatic N) is 1. The summed E-state index contributed by atoms with van der Waals surface area (Å²) in [5, 5.41) is 10.5. The number of likely N-dealkylation sites (tertiary alicyclic amines) is 1. The van der Waals surface area contributed by atoms with Crippen LogP contribution in [0.5, 0.6) is 5.75 Å². The Hall–Kier alpha value is -0.770. The average molecular weight is 269 g/mol. The highest BCUT2D eigenvalue weighted by molar-refractivity contribution is 6.30. The molecule has 2 rings (SSSR count). The maximum absolute atomic E-state index is 9.86. The molecule has 0 spiro atoms. The fraction of sp³-hybridized carbons (Fsp3) is 0.571. The van der Waals surface area contributed by atoms with E-state index in [1.807, 2.05) is 6.07 Å². The van der Waals surface area contributed by atoms with Crippen molar-refractivity contribution in [2.24, 2.45) is 11.7 Å². The molecule has 1 saturated heterocycles. The molecule has 0 aliphatic carbocycles. The summed E-state index contributed by atoms with van der Waals surface area (Å²) in [5.41, 5.74) is 6.73. The molecule has 1 aromatic rings. The molecule has 0 bridgehead atoms. The van der Waals surface area contributed by atoms with Crippen LogP contribution in [-0.2, 0) is 6.54 Å². The summed E-state index contributed by atoms with van der Waals surface area (Å²) in [6.45, 7) is 4.71. The van der Waals surface area contributed by atoms with Crippen LogP contribution >= 0.6 is 11.6 Å². The number of phenolic OH excluding ortho intramolecular Hbond substituents is 1. The van der Waals surface area contributed by atoms with Crippen molar-refractivity contribution >= 4 is 11.6 Å². The fourth-order valence-electron chi connectivity index (χ4n) is 2.65. The quantitative estimate of drug-likeness (QED) is 0.886. The largest absolute Gasteiger partial charge is 0.508 e. The normalized spacial score (nSPS) is 25.3. The molecule has 1 fully saturated rings. The molecule has 0 amide bonds. The predicted octanol–water partition coefficient (Wildman–Crippen LogP) is 2.60. The number of aromatic hydroxyl groups is 1. The lowest BCUT2D eigenvalue weighted by Crippen LogP contribution is -2.45. The molecule has 2 atom stereocenters. The third kappa shape index (κ3) is 3.16. The summed E-state index contributed by atoms with van der Waals surface area (Å²) >= 11 is 5.97. The molecule has 2 unspecified atom stereocenters. The zero-order valence-corrected chi connectivity index (χ0v) is 11.5. The van der Waals surface area contributed by atoms with Crippen LogP contribution in [0.2, 0.25) is 5.02 Å². The maximum atomic E-state index is 9.86. The molecular weight excluding hydrogens is 248 g/mol. The van der Waals surface area contributed by atoms with Crippen LogP contribution < -0.4 is 5.73 Å². The van der Waals surface area contributed by atoms with E-state index in [0.29, 0.717) is 23.4 Å². The second-order valence-electron chi connectivity index (χ2n) is 5.26. The molecule has 4 heteroatoms. The summed E-state index contributed by atoms with van der Waals surface area (Å²) in [7, 11) is 0. The molecule has 3 N–H and O–H groups in total. The Morgan fingerprint density at radius 2 is 2.28 bits per heavy atom. The van der Waals surface area contributed by atoms with Gasteiger partial charge in [-0.1, -0.05) is 18.5 Å². The van der Waals surface area contributed by atoms with E-state index in [-0.39, 0.29) is 0 Å². The molecular formula is C14H21ClN2O. The van der Waals surface area contributed by atoms with Crippen molar-refractivity contribution in [3.8, 4) is 5.75 Å². The Balaban J connectivity index is 2.10. The average Bonchev–Trinajstić information content (AvgIpc) is 2.36. The van der Waals surface area contributed by atoms with Gasteiger partial charge in [-0.05, 0) is 43.5 Å². The summed E-state index contributed by atoms with van der Waals surface area (Å²) in [5.74, 6) is 1.05. The van der Waals surface area contributed by atoms with Gasteiger partial charge < -0.3 is 10.8 Å². The Bertz CT molecular complexity index is 411. The molecule has 1 aromatic carbocycles. The zero-order chi connectivity index (χ0) is 13.1. The van der Waals surface area contributed by atoms with Crippen LogP contribution in [0, 0.1) is 5.92 Å². The minimum absolute atomic E-state index is 0.314. The minimum Gasteiger partial charge on any atom is -0.508 e. The Labute approximate surface area is 114 Å². The number of piperidine rings is 1. The van der Waals surface area contributed by atoms with Gasteiger partial charge in [0.2, 0.25) is 0 Å². The molecule has 1 heterocycles. The molecule has 1 aliphatic heterocycles. The lowest BCUT2D eigenvalue weighted by atomic mass is 9.92. The van der Waals surface area contributed by atoms with Gasteiger partial charge in [0.1, 0.15) is 5.75 Å². The van der Waals surface area contributed by atoms with E-state index < -0.39 is 0 Å². The molecule has 1 aliphatic rings. The first-order chi connectivity index (χ1) is 8.60. The van der Waals surface area contributed by atoms with Crippen LogP contribution in [0.15, 0.2) is 18.2 Å². The van der Waals surface area contributed by atoms with Crippen LogP contribution in [0.3, 0.4) is 0 Å². The molecule has 3 nitrogen and oxygen atoms in total. The third-order valence-electron chi connectivity index (χ3n) is 3.79. The first-order valence-electron chi connectivity index (χ1n) is 6.51. The fourth-order valence-corrected chi connectivity index (χ4v) is 2.85. The lowest BCUT2D eigenvalue weighted by Gasteiger charge is -2.38. The van der Waals surface area contributed by atoms with E-state index in [1.165, 1.54) is 6.42 Å². The first kappa shape index (κ1) is 13.7. The number of halogens is 1. The van der Waals surface area contributed by atoms with Crippen molar-refractivity contribution in [3.05, 3.63) is 28.8 Å². The predicted molar refractivity (Wildman–Crippen MR) is 74.8 cm³/mol. The monoisotopic (exact) mass is 268 g/mol. The maximum Gasteiger partial charge on any atom is 0.120 e. The van der Waals surface area contributed by atoms with Gasteiger partial charge in [0, 0.05) is 29.7 Å². The standard InChI is InChI=1S/C14H21ClN2O/c1-10-4-5-17(13(6-10)8-16)9-11-7-12(15)2-3-14(11)18/h2-3,7,10,13,18H,4-6,8-9,16H2,1H3. The van der Waals surface area contributed by atoms with E-state index >= 15 is 0 Å². The van der Waals surface area contributed by atoms with Crippen molar-refractivity contribution in [3.63, 3.8) is 0 Å². The van der Waals surface area contributed by atoms with Gasteiger partial charge >= 0.3 is 0 Å². The van der Waals surface area contributed by atoms with Gasteiger partial charge in [0.05, 0.1) is 0 Å². The molecule has 100 valence electrons. The Kier molecular flexibility index (Phi) is 4.49. The minimum atomic E-state index is 0.314. The number of nitrogens with two attached hydrogens (primary N) is 1. The van der Waals surface area contributed by atoms with Crippen LogP contribution in [0.4, 0.5) is 0 Å². The van der Waals surface area contributed by atoms with E-state index in [2.05, 4.69) is 11.8 Å². The molecule has 0 saturated carbocycles. The summed E-state index contributed by atoms with van der Waals surface area (Å²) in [6, 6.07) is 5.61. The van der Waals surface area contributed by atoms with E-state index in [9.17, 15) is 5.11 Å². The second-order valence-corrected chi connectivity index (χ2v) is 5.70. The van der Waals surface area contributed by atoms with Crippen LogP contribution in [0.25, 0.3) is 0 Å². The van der Waals surface area contributed by atoms with Crippen molar-refractivity contribution < 1.29 is 5.11 Å². The van der Waals surface area contributed by atoms with Crippen LogP contribution in [0.1, 0.15) is 25.3 Å². The van der Waals surface area contributed by atoms with E-state index in [4.69, 9.17) is 17.3 Å². The van der Waals surface area contributed by atoms with E-state index in [1.54, 1.807) is 12.1 Å². The summed E-state index contributed by atoms with van der Waals surface area (Å²) in [4.78, 5) is 2.35. The topological polar surface area (TPSA) is 49.5 Å². The Morgan fingerprint density at radius 1 is 1.50 bits per heavy atom. The second kappa shape index (κ2) is 5.91. The number of phenols is 1. The highest BCUT2D eigenvalue weighted by Crippen LogP contribution is 2.27. The molecule has 18 heavy (non-hydrogen) atoms. The highest BCUT2D eigenvalue weighted by atomic mass is 35.5.